The zero-order valence-electron chi connectivity index (χ0n) is 10.5. The summed E-state index contributed by atoms with van der Waals surface area (Å²) >= 11 is 3.27. The average molecular weight is 350 g/mol. The van der Waals surface area contributed by atoms with Crippen LogP contribution in [0.3, 0.4) is 0 Å². The first-order valence-electron chi connectivity index (χ1n) is 5.97. The van der Waals surface area contributed by atoms with E-state index in [0.717, 1.165) is 12.8 Å². The Hall–Kier alpha value is -0.630. The lowest BCUT2D eigenvalue weighted by atomic mass is 10.3. The minimum atomic E-state index is -3.65. The van der Waals surface area contributed by atoms with E-state index in [4.69, 9.17) is 9.84 Å². The van der Waals surface area contributed by atoms with Crippen LogP contribution in [0.15, 0.2) is 27.6 Å². The molecule has 1 aromatic rings. The lowest BCUT2D eigenvalue weighted by Gasteiger charge is -2.22. The number of sulfonamides is 1. The van der Waals surface area contributed by atoms with Crippen molar-refractivity contribution in [1.82, 2.24) is 4.31 Å². The molecule has 5 nitrogen and oxygen atoms in total. The molecular formula is C12H16BrNO4S. The quantitative estimate of drug-likeness (QED) is 0.846. The summed E-state index contributed by atoms with van der Waals surface area (Å²) in [6.45, 7) is -0.0747. The summed E-state index contributed by atoms with van der Waals surface area (Å²) in [6.07, 6.45) is 1.69. The molecule has 0 spiro atoms. The monoisotopic (exact) mass is 349 g/mol. The minimum Gasteiger partial charge on any atom is -0.495 e. The van der Waals surface area contributed by atoms with Crippen LogP contribution in [0.2, 0.25) is 0 Å². The van der Waals surface area contributed by atoms with Crippen molar-refractivity contribution in [2.24, 2.45) is 0 Å². The Labute approximate surface area is 121 Å². The molecule has 0 saturated heterocycles. The van der Waals surface area contributed by atoms with E-state index in [1.54, 1.807) is 12.1 Å². The Kier molecular flexibility index (Phi) is 4.50. The molecule has 1 N–H and O–H groups in total. The van der Waals surface area contributed by atoms with Crippen molar-refractivity contribution in [2.45, 2.75) is 23.8 Å². The largest absolute Gasteiger partial charge is 0.495 e. The van der Waals surface area contributed by atoms with Gasteiger partial charge in [-0.1, -0.05) is 15.9 Å². The molecule has 0 bridgehead atoms. The van der Waals surface area contributed by atoms with E-state index in [2.05, 4.69) is 15.9 Å². The van der Waals surface area contributed by atoms with Gasteiger partial charge >= 0.3 is 0 Å². The molecule has 0 unspecified atom stereocenters. The van der Waals surface area contributed by atoms with Crippen LogP contribution in [0.1, 0.15) is 12.8 Å². The van der Waals surface area contributed by atoms with Crippen molar-refractivity contribution in [1.29, 1.82) is 0 Å². The molecule has 0 aliphatic heterocycles. The van der Waals surface area contributed by atoms with E-state index in [0.29, 0.717) is 10.2 Å². The Balaban J connectivity index is 2.45. The van der Waals surface area contributed by atoms with E-state index in [9.17, 15) is 8.42 Å². The second-order valence-electron chi connectivity index (χ2n) is 4.37. The van der Waals surface area contributed by atoms with E-state index in [1.165, 1.54) is 17.5 Å². The Morgan fingerprint density at radius 1 is 1.47 bits per heavy atom. The number of aliphatic hydroxyl groups is 1. The lowest BCUT2D eigenvalue weighted by molar-refractivity contribution is 0.250. The highest BCUT2D eigenvalue weighted by molar-refractivity contribution is 9.10. The third-order valence-corrected chi connectivity index (χ3v) is 5.45. The first kappa shape index (κ1) is 14.8. The van der Waals surface area contributed by atoms with Crippen LogP contribution in [0.25, 0.3) is 0 Å². The smallest absolute Gasteiger partial charge is 0.247 e. The molecule has 1 fully saturated rings. The first-order valence-corrected chi connectivity index (χ1v) is 8.20. The summed E-state index contributed by atoms with van der Waals surface area (Å²) in [7, 11) is -2.21. The molecule has 2 rings (SSSR count). The van der Waals surface area contributed by atoms with Crippen LogP contribution < -0.4 is 4.74 Å². The number of hydrogen-bond donors (Lipinski definition) is 1. The number of halogens is 1. The minimum absolute atomic E-state index is 0.000776. The number of benzene rings is 1. The second kappa shape index (κ2) is 5.78. The predicted molar refractivity (Wildman–Crippen MR) is 74.7 cm³/mol. The molecule has 1 aliphatic rings. The summed E-state index contributed by atoms with van der Waals surface area (Å²) in [5.41, 5.74) is 0. The summed E-state index contributed by atoms with van der Waals surface area (Å²) < 4.78 is 32.5. The van der Waals surface area contributed by atoms with Crippen LogP contribution >= 0.6 is 15.9 Å². The summed E-state index contributed by atoms with van der Waals surface area (Å²) in [4.78, 5) is 0.129. The van der Waals surface area contributed by atoms with Gasteiger partial charge in [0.1, 0.15) is 10.6 Å². The van der Waals surface area contributed by atoms with Crippen molar-refractivity contribution in [3.05, 3.63) is 22.7 Å². The average Bonchev–Trinajstić information content (AvgIpc) is 3.20. The molecule has 1 aromatic carbocycles. The molecule has 0 aromatic heterocycles. The van der Waals surface area contributed by atoms with Gasteiger partial charge in [-0.05, 0) is 31.0 Å². The van der Waals surface area contributed by atoms with Gasteiger partial charge in [0, 0.05) is 17.1 Å². The van der Waals surface area contributed by atoms with E-state index in [1.807, 2.05) is 0 Å². The van der Waals surface area contributed by atoms with Gasteiger partial charge < -0.3 is 9.84 Å². The fourth-order valence-electron chi connectivity index (χ4n) is 1.94. The molecule has 0 radical (unpaired) electrons. The molecule has 106 valence electrons. The van der Waals surface area contributed by atoms with Crippen LogP contribution in [0.5, 0.6) is 5.75 Å². The fraction of sp³-hybridized carbons (Fsp3) is 0.500. The van der Waals surface area contributed by atoms with E-state index in [-0.39, 0.29) is 24.1 Å². The van der Waals surface area contributed by atoms with Crippen LogP contribution in [0.4, 0.5) is 0 Å². The Morgan fingerprint density at radius 3 is 2.68 bits per heavy atom. The number of ether oxygens (including phenoxy) is 1. The summed E-state index contributed by atoms with van der Waals surface area (Å²) in [5, 5.41) is 9.06. The van der Waals surface area contributed by atoms with Crippen LogP contribution in [-0.4, -0.2) is 44.1 Å². The predicted octanol–water partition coefficient (Wildman–Crippen LogP) is 1.60. The summed E-state index contributed by atoms with van der Waals surface area (Å²) in [6, 6.07) is 4.87. The fourth-order valence-corrected chi connectivity index (χ4v) is 4.31. The summed E-state index contributed by atoms with van der Waals surface area (Å²) in [5.74, 6) is 0.312. The standard InChI is InChI=1S/C12H16BrNO4S/c1-18-11-5-2-9(13)8-12(11)19(16,17)14(6-7-15)10-3-4-10/h2,5,8,10,15H,3-4,6-7H2,1H3. The molecule has 1 aliphatic carbocycles. The molecule has 0 heterocycles. The van der Waals surface area contributed by atoms with Gasteiger partial charge in [0.05, 0.1) is 13.7 Å². The van der Waals surface area contributed by atoms with Crippen molar-refractivity contribution in [3.8, 4) is 5.75 Å². The lowest BCUT2D eigenvalue weighted by Crippen LogP contribution is -2.35. The maximum absolute atomic E-state index is 12.6. The van der Waals surface area contributed by atoms with Crippen molar-refractivity contribution in [3.63, 3.8) is 0 Å². The topological polar surface area (TPSA) is 66.8 Å². The molecule has 0 amide bonds. The zero-order valence-corrected chi connectivity index (χ0v) is 12.9. The SMILES string of the molecule is COc1ccc(Br)cc1S(=O)(=O)N(CCO)C1CC1. The highest BCUT2D eigenvalue weighted by Gasteiger charge is 2.38. The van der Waals surface area contributed by atoms with Gasteiger partial charge in [0.25, 0.3) is 0 Å². The zero-order chi connectivity index (χ0) is 14.0. The normalized spacial score (nSPS) is 15.8. The maximum atomic E-state index is 12.6. The second-order valence-corrected chi connectivity index (χ2v) is 7.14. The van der Waals surface area contributed by atoms with Crippen molar-refractivity contribution in [2.75, 3.05) is 20.3 Å². The van der Waals surface area contributed by atoms with Gasteiger partial charge in [-0.15, -0.1) is 0 Å². The van der Waals surface area contributed by atoms with Gasteiger partial charge in [-0.2, -0.15) is 4.31 Å². The van der Waals surface area contributed by atoms with Gasteiger partial charge in [0.2, 0.25) is 10.0 Å². The van der Waals surface area contributed by atoms with E-state index < -0.39 is 10.0 Å². The number of nitrogens with zero attached hydrogens (tertiary/aromatic N) is 1. The maximum Gasteiger partial charge on any atom is 0.247 e. The molecule has 19 heavy (non-hydrogen) atoms. The van der Waals surface area contributed by atoms with Crippen molar-refractivity contribution >= 4 is 26.0 Å². The van der Waals surface area contributed by atoms with Crippen molar-refractivity contribution < 1.29 is 18.3 Å². The Bertz CT molecular complexity index is 557. The van der Waals surface area contributed by atoms with E-state index >= 15 is 0 Å². The Morgan fingerprint density at radius 2 is 2.16 bits per heavy atom. The van der Waals surface area contributed by atoms with Gasteiger partial charge in [-0.25, -0.2) is 8.42 Å². The first-order chi connectivity index (χ1) is 9.00. The number of aliphatic hydroxyl groups excluding tert-OH is 1. The number of methoxy groups -OCH3 is 1. The molecule has 0 atom stereocenters. The van der Waals surface area contributed by atoms with Crippen LogP contribution in [-0.2, 0) is 10.0 Å². The highest BCUT2D eigenvalue weighted by Crippen LogP contribution is 2.35. The number of rotatable bonds is 6. The van der Waals surface area contributed by atoms with Gasteiger partial charge in [-0.3, -0.25) is 0 Å². The third kappa shape index (κ3) is 3.10. The number of hydrogen-bond acceptors (Lipinski definition) is 4. The molecule has 1 saturated carbocycles. The molecular weight excluding hydrogens is 334 g/mol. The highest BCUT2D eigenvalue weighted by atomic mass is 79.9. The third-order valence-electron chi connectivity index (χ3n) is 2.99. The van der Waals surface area contributed by atoms with Gasteiger partial charge in [0.15, 0.2) is 0 Å². The van der Waals surface area contributed by atoms with Crippen LogP contribution in [0, 0.1) is 0 Å². The molecule has 7 heteroatoms.